The molecule has 0 fully saturated rings. The number of benzene rings is 1. The van der Waals surface area contributed by atoms with E-state index in [9.17, 15) is 18.0 Å². The molecule has 1 N–H and O–H groups in total. The molecule has 0 aliphatic heterocycles. The molecule has 1 amide bonds. The van der Waals surface area contributed by atoms with Crippen LogP contribution in [-0.4, -0.2) is 56.7 Å². The molecule has 0 saturated carbocycles. The number of alkyl halides is 3. The van der Waals surface area contributed by atoms with E-state index >= 15 is 0 Å². The van der Waals surface area contributed by atoms with E-state index in [2.05, 4.69) is 15.1 Å². The molecule has 30 heavy (non-hydrogen) atoms. The summed E-state index contributed by atoms with van der Waals surface area (Å²) in [5.41, 5.74) is 0.711. The second-order valence-corrected chi connectivity index (χ2v) is 7.19. The summed E-state index contributed by atoms with van der Waals surface area (Å²) >= 11 is 0. The van der Waals surface area contributed by atoms with Crippen LogP contribution in [0.2, 0.25) is 0 Å². The molecule has 0 unspecified atom stereocenters. The molecule has 0 spiro atoms. The van der Waals surface area contributed by atoms with Crippen LogP contribution in [0.25, 0.3) is 10.9 Å². The quantitative estimate of drug-likeness (QED) is 0.600. The fourth-order valence-electron chi connectivity index (χ4n) is 3.51. The number of aryl methyl sites for hydroxylation is 1. The van der Waals surface area contributed by atoms with Gasteiger partial charge >= 0.3 is 6.18 Å². The Bertz CT molecular complexity index is 1000. The first-order valence-corrected chi connectivity index (χ1v) is 9.91. The number of H-pyrrole nitrogens is 1. The van der Waals surface area contributed by atoms with Gasteiger partial charge in [0.15, 0.2) is 5.69 Å². The van der Waals surface area contributed by atoms with Gasteiger partial charge in [-0.15, -0.1) is 0 Å². The van der Waals surface area contributed by atoms with Gasteiger partial charge in [0.2, 0.25) is 0 Å². The van der Waals surface area contributed by atoms with Crippen LogP contribution < -0.4 is 0 Å². The minimum absolute atomic E-state index is 0.165. The molecule has 1 aromatic carbocycles. The second kappa shape index (κ2) is 8.91. The summed E-state index contributed by atoms with van der Waals surface area (Å²) in [6, 6.07) is 8.60. The van der Waals surface area contributed by atoms with E-state index in [1.54, 1.807) is 4.90 Å². The zero-order chi connectivity index (χ0) is 21.9. The second-order valence-electron chi connectivity index (χ2n) is 7.19. The number of halogens is 3. The zero-order valence-corrected chi connectivity index (χ0v) is 17.3. The van der Waals surface area contributed by atoms with Gasteiger partial charge in [-0.3, -0.25) is 9.89 Å². The molecule has 6 nitrogen and oxygen atoms in total. The van der Waals surface area contributed by atoms with Crippen LogP contribution in [0.5, 0.6) is 0 Å². The molecule has 0 bridgehead atoms. The Morgan fingerprint density at radius 3 is 2.53 bits per heavy atom. The first-order valence-electron chi connectivity index (χ1n) is 9.91. The smallest absolute Gasteiger partial charge is 0.351 e. The molecular weight excluding hydrogens is 395 g/mol. The van der Waals surface area contributed by atoms with Gasteiger partial charge in [-0.05, 0) is 30.8 Å². The Hall–Kier alpha value is -2.81. The number of aromatic nitrogens is 3. The summed E-state index contributed by atoms with van der Waals surface area (Å²) in [7, 11) is 1.94. The summed E-state index contributed by atoms with van der Waals surface area (Å²) in [5, 5.41) is 6.54. The molecule has 0 aliphatic carbocycles. The van der Waals surface area contributed by atoms with Crippen molar-refractivity contribution in [2.75, 3.05) is 26.2 Å². The van der Waals surface area contributed by atoms with Gasteiger partial charge in [-0.25, -0.2) is 0 Å². The van der Waals surface area contributed by atoms with Crippen LogP contribution in [0.3, 0.4) is 0 Å². The lowest BCUT2D eigenvalue weighted by Gasteiger charge is -2.26. The number of carbonyl (C=O) groups is 1. The first-order chi connectivity index (χ1) is 14.2. The van der Waals surface area contributed by atoms with Crippen molar-refractivity contribution in [2.45, 2.75) is 26.6 Å². The van der Waals surface area contributed by atoms with Crippen LogP contribution in [0.1, 0.15) is 35.6 Å². The normalized spacial score (nSPS) is 12.1. The van der Waals surface area contributed by atoms with Crippen LogP contribution in [-0.2, 0) is 19.8 Å². The van der Waals surface area contributed by atoms with E-state index in [1.165, 1.54) is 0 Å². The third kappa shape index (κ3) is 4.67. The van der Waals surface area contributed by atoms with Crippen LogP contribution in [0, 0.1) is 0 Å². The standard InChI is InChI=1S/C21H26F3N5O/c1-4-28(5-2)11-12-29(20(30)17-13-19(26-25-17)21(22,23)24)14-15-7-6-8-18-16(15)9-10-27(18)3/h6-10,13H,4-5,11-12,14H2,1-3H3,(H,25,26). The zero-order valence-electron chi connectivity index (χ0n) is 17.3. The van der Waals surface area contributed by atoms with Gasteiger partial charge in [0.1, 0.15) is 5.69 Å². The number of hydrogen-bond donors (Lipinski definition) is 1. The topological polar surface area (TPSA) is 57.2 Å². The van der Waals surface area contributed by atoms with Gasteiger partial charge in [0.25, 0.3) is 5.91 Å². The van der Waals surface area contributed by atoms with Crippen molar-refractivity contribution in [3.8, 4) is 0 Å². The third-order valence-corrected chi connectivity index (χ3v) is 5.35. The molecule has 9 heteroatoms. The van der Waals surface area contributed by atoms with Gasteiger partial charge in [-0.1, -0.05) is 26.0 Å². The van der Waals surface area contributed by atoms with Gasteiger partial charge in [0.05, 0.1) is 0 Å². The summed E-state index contributed by atoms with van der Waals surface area (Å²) in [4.78, 5) is 16.8. The van der Waals surface area contributed by atoms with Crippen molar-refractivity contribution in [1.29, 1.82) is 0 Å². The summed E-state index contributed by atoms with van der Waals surface area (Å²) in [6.07, 6.45) is -2.66. The molecule has 3 rings (SSSR count). The largest absolute Gasteiger partial charge is 0.435 e. The fraction of sp³-hybridized carbons (Fsp3) is 0.429. The summed E-state index contributed by atoms with van der Waals surface area (Å²) in [6.45, 7) is 7.04. The van der Waals surface area contributed by atoms with E-state index < -0.39 is 17.8 Å². The minimum Gasteiger partial charge on any atom is -0.351 e. The summed E-state index contributed by atoms with van der Waals surface area (Å²) in [5.74, 6) is -0.502. The maximum Gasteiger partial charge on any atom is 0.435 e. The monoisotopic (exact) mass is 421 g/mol. The maximum atomic E-state index is 13.1. The summed E-state index contributed by atoms with van der Waals surface area (Å²) < 4.78 is 40.7. The lowest BCUT2D eigenvalue weighted by molar-refractivity contribution is -0.141. The van der Waals surface area contributed by atoms with Crippen LogP contribution in [0.4, 0.5) is 13.2 Å². The molecule has 2 aromatic heterocycles. The van der Waals surface area contributed by atoms with E-state index in [0.717, 1.165) is 35.6 Å². The number of rotatable bonds is 8. The van der Waals surface area contributed by atoms with Crippen molar-refractivity contribution < 1.29 is 18.0 Å². The number of likely N-dealkylation sites (N-methyl/N-ethyl adjacent to an activating group) is 1. The lowest BCUT2D eigenvalue weighted by atomic mass is 10.1. The van der Waals surface area contributed by atoms with Gasteiger partial charge in [-0.2, -0.15) is 18.3 Å². The minimum atomic E-state index is -4.60. The average Bonchev–Trinajstić information content (AvgIpc) is 3.35. The van der Waals surface area contributed by atoms with Crippen LogP contribution in [0.15, 0.2) is 36.5 Å². The van der Waals surface area contributed by atoms with Crippen LogP contribution >= 0.6 is 0 Å². The number of amides is 1. The molecular formula is C21H26F3N5O. The predicted octanol–water partition coefficient (Wildman–Crippen LogP) is 3.90. The first kappa shape index (κ1) is 21.9. The molecule has 0 saturated heterocycles. The molecule has 3 aromatic rings. The highest BCUT2D eigenvalue weighted by molar-refractivity contribution is 5.93. The van der Waals surface area contributed by atoms with Crippen molar-refractivity contribution in [2.24, 2.45) is 7.05 Å². The predicted molar refractivity (Wildman–Crippen MR) is 109 cm³/mol. The number of aromatic amines is 1. The average molecular weight is 421 g/mol. The molecule has 0 aliphatic rings. The molecule has 2 heterocycles. The number of nitrogens with one attached hydrogen (secondary N) is 1. The highest BCUT2D eigenvalue weighted by atomic mass is 19.4. The number of fused-ring (bicyclic) bond motifs is 1. The highest BCUT2D eigenvalue weighted by Gasteiger charge is 2.35. The van der Waals surface area contributed by atoms with E-state index in [4.69, 9.17) is 0 Å². The fourth-order valence-corrected chi connectivity index (χ4v) is 3.51. The number of nitrogens with zero attached hydrogens (tertiary/aromatic N) is 4. The number of hydrogen-bond acceptors (Lipinski definition) is 3. The van der Waals surface area contributed by atoms with Crippen molar-refractivity contribution >= 4 is 16.8 Å². The van der Waals surface area contributed by atoms with E-state index in [1.807, 2.05) is 55.9 Å². The molecule has 0 radical (unpaired) electrons. The van der Waals surface area contributed by atoms with Crippen molar-refractivity contribution in [1.82, 2.24) is 24.6 Å². The number of carbonyl (C=O) groups excluding carboxylic acids is 1. The van der Waals surface area contributed by atoms with Gasteiger partial charge < -0.3 is 14.4 Å². The Labute approximate surface area is 173 Å². The molecule has 0 atom stereocenters. The maximum absolute atomic E-state index is 13.1. The third-order valence-electron chi connectivity index (χ3n) is 5.35. The van der Waals surface area contributed by atoms with Crippen molar-refractivity contribution in [3.63, 3.8) is 0 Å². The SMILES string of the molecule is CCN(CC)CCN(Cc1cccc2c1ccn2C)C(=O)c1cc(C(F)(F)F)n[nH]1. The Morgan fingerprint density at radius 2 is 1.90 bits per heavy atom. The highest BCUT2D eigenvalue weighted by Crippen LogP contribution is 2.28. The van der Waals surface area contributed by atoms with Crippen molar-refractivity contribution in [3.05, 3.63) is 53.5 Å². The Morgan fingerprint density at radius 1 is 1.17 bits per heavy atom. The molecule has 162 valence electrons. The lowest BCUT2D eigenvalue weighted by Crippen LogP contribution is -2.38. The van der Waals surface area contributed by atoms with Gasteiger partial charge in [0, 0.05) is 49.8 Å². The Kier molecular flexibility index (Phi) is 6.50. The van der Waals surface area contributed by atoms with E-state index in [0.29, 0.717) is 19.6 Å². The Balaban J connectivity index is 1.89. The van der Waals surface area contributed by atoms with E-state index in [-0.39, 0.29) is 5.69 Å².